The van der Waals surface area contributed by atoms with Gasteiger partial charge < -0.3 is 5.11 Å². The molecule has 14 heteroatoms. The van der Waals surface area contributed by atoms with E-state index in [0.717, 1.165) is 12.1 Å². The molecule has 1 fully saturated rings. The van der Waals surface area contributed by atoms with Crippen molar-refractivity contribution in [1.29, 1.82) is 0 Å². The van der Waals surface area contributed by atoms with Crippen molar-refractivity contribution in [2.75, 3.05) is 0 Å². The summed E-state index contributed by atoms with van der Waals surface area (Å²) in [6, 6.07) is 3.89. The Morgan fingerprint density at radius 2 is 1.36 bits per heavy atom. The van der Waals surface area contributed by atoms with Crippen LogP contribution in [0.4, 0.5) is 26.3 Å². The minimum Gasteiger partial charge on any atom is -0.383 e. The second-order valence-electron chi connectivity index (χ2n) is 6.18. The number of sulfonamides is 2. The number of benzene rings is 1. The van der Waals surface area contributed by atoms with Gasteiger partial charge in [-0.05, 0) is 18.4 Å². The van der Waals surface area contributed by atoms with Crippen molar-refractivity contribution in [3.8, 4) is 0 Å². The van der Waals surface area contributed by atoms with Crippen molar-refractivity contribution in [2.24, 2.45) is 0 Å². The van der Waals surface area contributed by atoms with E-state index < -0.39 is 59.3 Å². The third kappa shape index (κ3) is 3.74. The fraction of sp³-hybridized carbons (Fsp3) is 0.571. The normalized spacial score (nSPS) is 25.1. The highest BCUT2D eigenvalue weighted by molar-refractivity contribution is 8.04. The lowest BCUT2D eigenvalue weighted by Gasteiger charge is -2.44. The number of hydrogen-bond donors (Lipinski definition) is 1. The molecule has 2 unspecified atom stereocenters. The monoisotopic (exact) mass is 455 g/mol. The van der Waals surface area contributed by atoms with Crippen LogP contribution in [0.1, 0.15) is 31.2 Å². The van der Waals surface area contributed by atoms with Gasteiger partial charge in [-0.15, -0.1) is 0 Å². The Balaban J connectivity index is 2.79. The molecule has 6 nitrogen and oxygen atoms in total. The van der Waals surface area contributed by atoms with Crippen molar-refractivity contribution in [1.82, 2.24) is 3.71 Å². The summed E-state index contributed by atoms with van der Waals surface area (Å²) in [6.45, 7) is 0. The Morgan fingerprint density at radius 1 is 0.893 bits per heavy atom. The van der Waals surface area contributed by atoms with Gasteiger partial charge in [0.25, 0.3) is 0 Å². The van der Waals surface area contributed by atoms with Crippen LogP contribution in [0.5, 0.6) is 0 Å². The molecule has 0 aliphatic heterocycles. The molecule has 28 heavy (non-hydrogen) atoms. The van der Waals surface area contributed by atoms with Crippen LogP contribution in [0.3, 0.4) is 0 Å². The average molecular weight is 455 g/mol. The summed E-state index contributed by atoms with van der Waals surface area (Å²) in [5, 5.41) is 10.9. The Bertz CT molecular complexity index is 870. The Kier molecular flexibility index (Phi) is 5.84. The van der Waals surface area contributed by atoms with Crippen LogP contribution in [0.15, 0.2) is 30.3 Å². The smallest absolute Gasteiger partial charge is 0.383 e. The van der Waals surface area contributed by atoms with Gasteiger partial charge in [-0.25, -0.2) is 16.8 Å². The molecule has 0 aromatic heterocycles. The molecule has 0 radical (unpaired) electrons. The van der Waals surface area contributed by atoms with Gasteiger partial charge >= 0.3 is 31.1 Å². The predicted molar refractivity (Wildman–Crippen MR) is 84.4 cm³/mol. The molecule has 2 atom stereocenters. The molecule has 0 bridgehead atoms. The maximum atomic E-state index is 13.1. The Hall–Kier alpha value is -1.38. The third-order valence-electron chi connectivity index (χ3n) is 4.42. The highest BCUT2D eigenvalue weighted by Gasteiger charge is 2.66. The first-order valence-electron chi connectivity index (χ1n) is 7.77. The fourth-order valence-corrected chi connectivity index (χ4v) is 6.33. The van der Waals surface area contributed by atoms with E-state index in [4.69, 9.17) is 0 Å². The number of alkyl halides is 6. The number of aliphatic hydroxyl groups is 1. The average Bonchev–Trinajstić information content (AvgIpc) is 2.55. The summed E-state index contributed by atoms with van der Waals surface area (Å²) in [5.41, 5.74) is -15.4. The first kappa shape index (κ1) is 22.9. The van der Waals surface area contributed by atoms with Crippen LogP contribution in [0.2, 0.25) is 0 Å². The lowest BCUT2D eigenvalue weighted by atomic mass is 9.76. The maximum absolute atomic E-state index is 13.1. The van der Waals surface area contributed by atoms with Crippen LogP contribution in [0, 0.1) is 0 Å². The molecule has 1 aliphatic carbocycles. The Morgan fingerprint density at radius 3 is 1.79 bits per heavy atom. The van der Waals surface area contributed by atoms with Gasteiger partial charge in [0.2, 0.25) is 0 Å². The fourth-order valence-electron chi connectivity index (χ4n) is 3.15. The summed E-state index contributed by atoms with van der Waals surface area (Å²) in [7, 11) is -14.0. The maximum Gasteiger partial charge on any atom is 0.512 e. The van der Waals surface area contributed by atoms with Gasteiger partial charge in [-0.1, -0.05) is 46.9 Å². The van der Waals surface area contributed by atoms with E-state index in [-0.39, 0.29) is 18.4 Å². The van der Waals surface area contributed by atoms with Gasteiger partial charge in [0, 0.05) is 0 Å². The van der Waals surface area contributed by atoms with E-state index in [1.165, 1.54) is 18.2 Å². The standard InChI is InChI=1S/C14H15F6NO5S2/c15-13(16,17)27(23,24)21(28(25,26)14(18,19)20)11-8-4-5-9-12(11,22)10-6-2-1-3-7-10/h1-3,6-7,11,22H,4-5,8-9H2. The first-order chi connectivity index (χ1) is 12.6. The molecular weight excluding hydrogens is 440 g/mol. The van der Waals surface area contributed by atoms with E-state index in [9.17, 15) is 48.3 Å². The lowest BCUT2D eigenvalue weighted by molar-refractivity contribution is -0.0729. The van der Waals surface area contributed by atoms with Crippen LogP contribution in [0.25, 0.3) is 0 Å². The summed E-state index contributed by atoms with van der Waals surface area (Å²) in [6.07, 6.45) is -1.11. The van der Waals surface area contributed by atoms with Crippen LogP contribution in [-0.2, 0) is 25.6 Å². The van der Waals surface area contributed by atoms with Crippen LogP contribution < -0.4 is 0 Å². The van der Waals surface area contributed by atoms with Crippen molar-refractivity contribution in [3.05, 3.63) is 35.9 Å². The van der Waals surface area contributed by atoms with Crippen molar-refractivity contribution < 1.29 is 48.3 Å². The molecule has 0 saturated heterocycles. The molecule has 0 spiro atoms. The van der Waals surface area contributed by atoms with Gasteiger partial charge in [0.1, 0.15) is 5.60 Å². The van der Waals surface area contributed by atoms with Crippen molar-refractivity contribution >= 4 is 20.0 Å². The van der Waals surface area contributed by atoms with Gasteiger partial charge in [-0.3, -0.25) is 0 Å². The highest BCUT2D eigenvalue weighted by Crippen LogP contribution is 2.46. The molecular formula is C14H15F6NO5S2. The second kappa shape index (κ2) is 7.15. The molecule has 0 amide bonds. The summed E-state index contributed by atoms with van der Waals surface area (Å²) >= 11 is 0. The number of hydrogen-bond acceptors (Lipinski definition) is 5. The van der Waals surface area contributed by atoms with Crippen molar-refractivity contribution in [3.63, 3.8) is 0 Å². The molecule has 1 aromatic rings. The first-order valence-corrected chi connectivity index (χ1v) is 10.6. The minimum absolute atomic E-state index is 0.0862. The molecule has 1 aromatic carbocycles. The molecule has 2 rings (SSSR count). The molecule has 1 N–H and O–H groups in total. The SMILES string of the molecule is O=S(=O)(N(C1CCCCC1(O)c1ccccc1)S(=O)(=O)C(F)(F)F)C(F)(F)F. The zero-order valence-electron chi connectivity index (χ0n) is 13.9. The minimum atomic E-state index is -6.99. The molecule has 160 valence electrons. The van der Waals surface area contributed by atoms with Gasteiger partial charge in [-0.2, -0.15) is 26.3 Å². The van der Waals surface area contributed by atoms with E-state index in [0.29, 0.717) is 0 Å². The summed E-state index contributed by atoms with van der Waals surface area (Å²) in [5.74, 6) is 0. The third-order valence-corrected chi connectivity index (χ3v) is 8.23. The van der Waals surface area contributed by atoms with Crippen LogP contribution in [-0.4, -0.2) is 42.7 Å². The van der Waals surface area contributed by atoms with Crippen molar-refractivity contribution in [2.45, 2.75) is 48.3 Å². The Labute approximate surface area is 156 Å². The molecule has 1 aliphatic rings. The lowest BCUT2D eigenvalue weighted by Crippen LogP contribution is -2.61. The van der Waals surface area contributed by atoms with E-state index in [1.54, 1.807) is 0 Å². The van der Waals surface area contributed by atoms with E-state index in [1.807, 2.05) is 0 Å². The van der Waals surface area contributed by atoms with Crippen LogP contribution >= 0.6 is 0 Å². The number of halogens is 6. The largest absolute Gasteiger partial charge is 0.512 e. The topological polar surface area (TPSA) is 91.8 Å². The zero-order chi connectivity index (χ0) is 21.6. The number of nitrogens with zero attached hydrogens (tertiary/aromatic N) is 1. The zero-order valence-corrected chi connectivity index (χ0v) is 15.5. The quantitative estimate of drug-likeness (QED) is 0.705. The predicted octanol–water partition coefficient (Wildman–Crippen LogP) is 2.82. The highest BCUT2D eigenvalue weighted by atomic mass is 32.3. The molecule has 0 heterocycles. The van der Waals surface area contributed by atoms with E-state index >= 15 is 0 Å². The van der Waals surface area contributed by atoms with Gasteiger partial charge in [0.05, 0.1) is 6.04 Å². The number of rotatable bonds is 4. The molecule has 1 saturated carbocycles. The second-order valence-corrected chi connectivity index (χ2v) is 10.0. The van der Waals surface area contributed by atoms with E-state index in [2.05, 4.69) is 0 Å². The van der Waals surface area contributed by atoms with Gasteiger partial charge in [0.15, 0.2) is 0 Å². The summed E-state index contributed by atoms with van der Waals surface area (Å²) < 4.78 is 124. The summed E-state index contributed by atoms with van der Waals surface area (Å²) in [4.78, 5) is 0.